The van der Waals surface area contributed by atoms with E-state index < -0.39 is 9.84 Å². The second-order valence-electron chi connectivity index (χ2n) is 3.07. The molecule has 2 heterocycles. The van der Waals surface area contributed by atoms with Crippen molar-refractivity contribution in [1.29, 1.82) is 0 Å². The van der Waals surface area contributed by atoms with Gasteiger partial charge in [0.05, 0.1) is 0 Å². The van der Waals surface area contributed by atoms with Gasteiger partial charge in [0, 0.05) is 24.8 Å². The third kappa shape index (κ3) is 1.89. The van der Waals surface area contributed by atoms with Crippen molar-refractivity contribution in [1.82, 2.24) is 14.5 Å². The fourth-order valence-electron chi connectivity index (χ4n) is 1.25. The topological polar surface area (TPSA) is 64.8 Å². The lowest BCUT2D eigenvalue weighted by Gasteiger charge is -2.05. The molecule has 2 aromatic heterocycles. The highest BCUT2D eigenvalue weighted by Crippen LogP contribution is 2.16. The maximum Gasteiger partial charge on any atom is 0.179 e. The number of aromatic nitrogens is 3. The monoisotopic (exact) mass is 223 g/mol. The summed E-state index contributed by atoms with van der Waals surface area (Å²) in [4.78, 5) is 8.08. The molecular formula is C9H9N3O2S. The molecule has 0 aliphatic heterocycles. The van der Waals surface area contributed by atoms with E-state index in [0.717, 1.165) is 6.26 Å². The Morgan fingerprint density at radius 2 is 2.13 bits per heavy atom. The minimum Gasteiger partial charge on any atom is -0.289 e. The van der Waals surface area contributed by atoms with Crippen LogP contribution in [0.25, 0.3) is 5.82 Å². The molecule has 0 saturated carbocycles. The summed E-state index contributed by atoms with van der Waals surface area (Å²) in [6.45, 7) is 0. The predicted molar refractivity (Wildman–Crippen MR) is 54.5 cm³/mol. The van der Waals surface area contributed by atoms with Crippen LogP contribution in [0.5, 0.6) is 0 Å². The number of nitrogens with zero attached hydrogens (tertiary/aromatic N) is 3. The highest BCUT2D eigenvalue weighted by atomic mass is 32.2. The molecule has 15 heavy (non-hydrogen) atoms. The van der Waals surface area contributed by atoms with Crippen LogP contribution >= 0.6 is 0 Å². The lowest BCUT2D eigenvalue weighted by atomic mass is 10.4. The second kappa shape index (κ2) is 3.47. The molecule has 0 N–H and O–H groups in total. The highest BCUT2D eigenvalue weighted by molar-refractivity contribution is 7.90. The maximum atomic E-state index is 11.5. The molecular weight excluding hydrogens is 214 g/mol. The van der Waals surface area contributed by atoms with Crippen LogP contribution in [0.1, 0.15) is 0 Å². The number of hydrogen-bond donors (Lipinski definition) is 0. The fourth-order valence-corrected chi connectivity index (χ4v) is 2.07. The van der Waals surface area contributed by atoms with Gasteiger partial charge in [-0.15, -0.1) is 0 Å². The van der Waals surface area contributed by atoms with E-state index in [9.17, 15) is 8.42 Å². The Labute approximate surface area is 87.3 Å². The van der Waals surface area contributed by atoms with E-state index in [4.69, 9.17) is 0 Å². The first-order valence-electron chi connectivity index (χ1n) is 4.22. The van der Waals surface area contributed by atoms with Crippen LogP contribution in [-0.4, -0.2) is 29.2 Å². The zero-order valence-corrected chi connectivity index (χ0v) is 8.85. The van der Waals surface area contributed by atoms with E-state index in [1.54, 1.807) is 29.2 Å². The van der Waals surface area contributed by atoms with Gasteiger partial charge in [-0.1, -0.05) is 0 Å². The Morgan fingerprint density at radius 1 is 1.33 bits per heavy atom. The standard InChI is InChI=1S/C9H9N3O2S/c1-15(13,14)8-3-2-4-11-9(8)12-6-5-10-7-12/h2-7H,1H3. The quantitative estimate of drug-likeness (QED) is 0.750. The molecule has 0 atom stereocenters. The zero-order chi connectivity index (χ0) is 10.9. The van der Waals surface area contributed by atoms with Gasteiger partial charge in [-0.05, 0) is 12.1 Å². The minimum atomic E-state index is -3.27. The molecule has 0 aliphatic rings. The van der Waals surface area contributed by atoms with Gasteiger partial charge in [0.15, 0.2) is 15.7 Å². The van der Waals surface area contributed by atoms with Crippen LogP contribution < -0.4 is 0 Å². The molecule has 78 valence electrons. The smallest absolute Gasteiger partial charge is 0.179 e. The first-order chi connectivity index (χ1) is 7.09. The van der Waals surface area contributed by atoms with Crippen LogP contribution in [0.15, 0.2) is 41.9 Å². The van der Waals surface area contributed by atoms with E-state index in [1.807, 2.05) is 0 Å². The first-order valence-corrected chi connectivity index (χ1v) is 6.11. The van der Waals surface area contributed by atoms with Crippen molar-refractivity contribution in [2.45, 2.75) is 4.90 Å². The van der Waals surface area contributed by atoms with Crippen molar-refractivity contribution >= 4 is 9.84 Å². The van der Waals surface area contributed by atoms with Gasteiger partial charge < -0.3 is 0 Å². The second-order valence-corrected chi connectivity index (χ2v) is 5.05. The van der Waals surface area contributed by atoms with Gasteiger partial charge in [-0.25, -0.2) is 18.4 Å². The average molecular weight is 223 g/mol. The molecule has 2 rings (SSSR count). The Morgan fingerprint density at radius 3 is 2.73 bits per heavy atom. The molecule has 0 fully saturated rings. The number of pyridine rings is 1. The van der Waals surface area contributed by atoms with Crippen molar-refractivity contribution in [2.75, 3.05) is 6.26 Å². The van der Waals surface area contributed by atoms with Crippen LogP contribution in [0.2, 0.25) is 0 Å². The van der Waals surface area contributed by atoms with Crippen molar-refractivity contribution in [2.24, 2.45) is 0 Å². The Kier molecular flexibility index (Phi) is 2.28. The van der Waals surface area contributed by atoms with Crippen LogP contribution in [0, 0.1) is 0 Å². The normalized spacial score (nSPS) is 11.5. The molecule has 0 aliphatic carbocycles. The van der Waals surface area contributed by atoms with E-state index in [1.165, 1.54) is 12.4 Å². The molecule has 0 radical (unpaired) electrons. The highest BCUT2D eigenvalue weighted by Gasteiger charge is 2.14. The van der Waals surface area contributed by atoms with E-state index in [-0.39, 0.29) is 4.90 Å². The largest absolute Gasteiger partial charge is 0.289 e. The molecule has 0 bridgehead atoms. The summed E-state index contributed by atoms with van der Waals surface area (Å²) in [5.41, 5.74) is 0. The first kappa shape index (κ1) is 9.85. The number of sulfone groups is 1. The van der Waals surface area contributed by atoms with Crippen LogP contribution in [0.3, 0.4) is 0 Å². The molecule has 2 aromatic rings. The molecule has 0 unspecified atom stereocenters. The van der Waals surface area contributed by atoms with E-state index in [2.05, 4.69) is 9.97 Å². The number of imidazole rings is 1. The summed E-state index contributed by atoms with van der Waals surface area (Å²) in [7, 11) is -3.27. The van der Waals surface area contributed by atoms with Crippen molar-refractivity contribution in [3.8, 4) is 5.82 Å². The number of rotatable bonds is 2. The average Bonchev–Trinajstić information content (AvgIpc) is 2.69. The van der Waals surface area contributed by atoms with E-state index in [0.29, 0.717) is 5.82 Å². The molecule has 0 spiro atoms. The Bertz CT molecular complexity index is 561. The molecule has 0 saturated heterocycles. The molecule has 5 nitrogen and oxygen atoms in total. The van der Waals surface area contributed by atoms with Gasteiger partial charge in [0.1, 0.15) is 11.2 Å². The van der Waals surface area contributed by atoms with Gasteiger partial charge >= 0.3 is 0 Å². The lowest BCUT2D eigenvalue weighted by Crippen LogP contribution is -2.05. The SMILES string of the molecule is CS(=O)(=O)c1cccnc1-n1ccnc1. The Balaban J connectivity index is 2.68. The summed E-state index contributed by atoms with van der Waals surface area (Å²) in [6.07, 6.45) is 7.43. The van der Waals surface area contributed by atoms with Gasteiger partial charge in [0.2, 0.25) is 0 Å². The summed E-state index contributed by atoms with van der Waals surface area (Å²) in [5, 5.41) is 0. The summed E-state index contributed by atoms with van der Waals surface area (Å²) >= 11 is 0. The third-order valence-corrected chi connectivity index (χ3v) is 3.02. The van der Waals surface area contributed by atoms with Crippen molar-refractivity contribution < 1.29 is 8.42 Å². The van der Waals surface area contributed by atoms with Gasteiger partial charge in [-0.3, -0.25) is 4.57 Å². The van der Waals surface area contributed by atoms with Gasteiger partial charge in [0.25, 0.3) is 0 Å². The molecule has 0 aromatic carbocycles. The zero-order valence-electron chi connectivity index (χ0n) is 8.03. The number of hydrogen-bond acceptors (Lipinski definition) is 4. The maximum absolute atomic E-state index is 11.5. The van der Waals surface area contributed by atoms with Crippen molar-refractivity contribution in [3.05, 3.63) is 37.1 Å². The summed E-state index contributed by atoms with van der Waals surface area (Å²) in [6, 6.07) is 3.12. The molecule has 0 amide bonds. The molecule has 6 heteroatoms. The predicted octanol–water partition coefficient (Wildman–Crippen LogP) is 0.671. The third-order valence-electron chi connectivity index (χ3n) is 1.90. The van der Waals surface area contributed by atoms with Crippen LogP contribution in [-0.2, 0) is 9.84 Å². The summed E-state index contributed by atoms with van der Waals surface area (Å²) in [5.74, 6) is 0.373. The lowest BCUT2D eigenvalue weighted by molar-refractivity contribution is 0.600. The Hall–Kier alpha value is -1.69. The van der Waals surface area contributed by atoms with Crippen LogP contribution in [0.4, 0.5) is 0 Å². The fraction of sp³-hybridized carbons (Fsp3) is 0.111. The summed E-state index contributed by atoms with van der Waals surface area (Å²) < 4.78 is 24.5. The minimum absolute atomic E-state index is 0.197. The van der Waals surface area contributed by atoms with E-state index >= 15 is 0 Å². The van der Waals surface area contributed by atoms with Crippen molar-refractivity contribution in [3.63, 3.8) is 0 Å². The van der Waals surface area contributed by atoms with Gasteiger partial charge in [-0.2, -0.15) is 0 Å².